The fourth-order valence-corrected chi connectivity index (χ4v) is 2.92. The van der Waals surface area contributed by atoms with Crippen molar-refractivity contribution in [3.8, 4) is 5.75 Å². The largest absolute Gasteiger partial charge is 0.492 e. The number of hydrogen-bond acceptors (Lipinski definition) is 4. The first-order valence-corrected chi connectivity index (χ1v) is 8.22. The van der Waals surface area contributed by atoms with Gasteiger partial charge in [-0.3, -0.25) is 4.90 Å². The standard InChI is InChI=1S/C15H26N2OS/c1-4-14(12-19-3)17(2)9-10-18-15-8-6-5-7-13(15)11-16/h5-8,14H,4,9-12,16H2,1-3H3. The molecule has 0 fully saturated rings. The SMILES string of the molecule is CCC(CSC)N(C)CCOc1ccccc1CN. The van der Waals surface area contributed by atoms with E-state index in [1.54, 1.807) is 0 Å². The van der Waals surface area contributed by atoms with Gasteiger partial charge in [-0.1, -0.05) is 25.1 Å². The van der Waals surface area contributed by atoms with E-state index < -0.39 is 0 Å². The second-order valence-corrected chi connectivity index (χ2v) is 5.57. The molecule has 4 heteroatoms. The molecule has 0 saturated heterocycles. The molecule has 0 heterocycles. The van der Waals surface area contributed by atoms with E-state index >= 15 is 0 Å². The highest BCUT2D eigenvalue weighted by Gasteiger charge is 2.11. The molecule has 1 unspecified atom stereocenters. The van der Waals surface area contributed by atoms with Crippen molar-refractivity contribution in [3.05, 3.63) is 29.8 Å². The summed E-state index contributed by atoms with van der Waals surface area (Å²) in [6.45, 7) is 4.41. The summed E-state index contributed by atoms with van der Waals surface area (Å²) >= 11 is 1.90. The normalized spacial score (nSPS) is 12.7. The zero-order chi connectivity index (χ0) is 14.1. The van der Waals surface area contributed by atoms with Crippen LogP contribution in [0.5, 0.6) is 5.75 Å². The molecule has 0 aliphatic carbocycles. The maximum atomic E-state index is 5.84. The van der Waals surface area contributed by atoms with Gasteiger partial charge in [0.15, 0.2) is 0 Å². The molecular weight excluding hydrogens is 256 g/mol. The number of nitrogens with zero attached hydrogens (tertiary/aromatic N) is 1. The van der Waals surface area contributed by atoms with Crippen LogP contribution in [0, 0.1) is 0 Å². The second-order valence-electron chi connectivity index (χ2n) is 4.66. The maximum Gasteiger partial charge on any atom is 0.123 e. The molecule has 0 aliphatic rings. The van der Waals surface area contributed by atoms with E-state index in [4.69, 9.17) is 10.5 Å². The lowest BCUT2D eigenvalue weighted by molar-refractivity contribution is 0.198. The van der Waals surface area contributed by atoms with E-state index in [1.807, 2.05) is 36.0 Å². The number of thioether (sulfide) groups is 1. The average Bonchev–Trinajstić information content (AvgIpc) is 2.45. The molecular formula is C15H26N2OS. The number of benzene rings is 1. The highest BCUT2D eigenvalue weighted by atomic mass is 32.2. The Balaban J connectivity index is 2.40. The molecule has 1 aromatic carbocycles. The minimum absolute atomic E-state index is 0.524. The van der Waals surface area contributed by atoms with Gasteiger partial charge in [0.2, 0.25) is 0 Å². The van der Waals surface area contributed by atoms with Crippen LogP contribution in [0.4, 0.5) is 0 Å². The van der Waals surface area contributed by atoms with Crippen molar-refractivity contribution in [2.45, 2.75) is 25.9 Å². The molecule has 2 N–H and O–H groups in total. The predicted molar refractivity (Wildman–Crippen MR) is 84.9 cm³/mol. The van der Waals surface area contributed by atoms with E-state index in [1.165, 1.54) is 12.2 Å². The zero-order valence-electron chi connectivity index (χ0n) is 12.3. The number of para-hydroxylation sites is 1. The molecule has 0 bridgehead atoms. The number of hydrogen-bond donors (Lipinski definition) is 1. The van der Waals surface area contributed by atoms with Gasteiger partial charge < -0.3 is 10.5 Å². The monoisotopic (exact) mass is 282 g/mol. The van der Waals surface area contributed by atoms with E-state index in [2.05, 4.69) is 25.1 Å². The molecule has 1 rings (SSSR count). The molecule has 0 saturated carbocycles. The first-order chi connectivity index (χ1) is 9.22. The first-order valence-electron chi connectivity index (χ1n) is 6.82. The van der Waals surface area contributed by atoms with Crippen LogP contribution in [0.2, 0.25) is 0 Å². The van der Waals surface area contributed by atoms with Crippen LogP contribution in [0.3, 0.4) is 0 Å². The lowest BCUT2D eigenvalue weighted by Crippen LogP contribution is -2.36. The molecule has 108 valence electrons. The summed E-state index contributed by atoms with van der Waals surface area (Å²) in [7, 11) is 2.17. The summed E-state index contributed by atoms with van der Waals surface area (Å²) in [5.74, 6) is 2.09. The molecule has 0 aromatic heterocycles. The molecule has 0 radical (unpaired) electrons. The third-order valence-corrected chi connectivity index (χ3v) is 4.07. The van der Waals surface area contributed by atoms with E-state index in [9.17, 15) is 0 Å². The average molecular weight is 282 g/mol. The summed E-state index contributed by atoms with van der Waals surface area (Å²) in [5.41, 5.74) is 6.77. The second kappa shape index (κ2) is 9.23. The topological polar surface area (TPSA) is 38.5 Å². The smallest absolute Gasteiger partial charge is 0.123 e. The van der Waals surface area contributed by atoms with Gasteiger partial charge in [0.05, 0.1) is 0 Å². The van der Waals surface area contributed by atoms with Crippen LogP contribution in [0.25, 0.3) is 0 Å². The first kappa shape index (κ1) is 16.3. The van der Waals surface area contributed by atoms with Crippen LogP contribution in [0.15, 0.2) is 24.3 Å². The molecule has 0 aliphatic heterocycles. The molecule has 0 spiro atoms. The highest BCUT2D eigenvalue weighted by molar-refractivity contribution is 7.98. The van der Waals surface area contributed by atoms with Gasteiger partial charge in [-0.2, -0.15) is 11.8 Å². The minimum atomic E-state index is 0.524. The lowest BCUT2D eigenvalue weighted by Gasteiger charge is -2.26. The summed E-state index contributed by atoms with van der Waals surface area (Å²) < 4.78 is 5.84. The quantitative estimate of drug-likeness (QED) is 0.755. The minimum Gasteiger partial charge on any atom is -0.492 e. The third-order valence-electron chi connectivity index (χ3n) is 3.35. The Kier molecular flexibility index (Phi) is 7.94. The third kappa shape index (κ3) is 5.43. The van der Waals surface area contributed by atoms with Crippen LogP contribution in [-0.4, -0.2) is 43.1 Å². The lowest BCUT2D eigenvalue weighted by atomic mass is 10.2. The van der Waals surface area contributed by atoms with Crippen molar-refractivity contribution in [2.24, 2.45) is 5.73 Å². The van der Waals surface area contributed by atoms with E-state index in [-0.39, 0.29) is 0 Å². The molecule has 1 atom stereocenters. The van der Waals surface area contributed by atoms with Crippen LogP contribution in [0.1, 0.15) is 18.9 Å². The van der Waals surface area contributed by atoms with Gasteiger partial charge in [0.1, 0.15) is 12.4 Å². The van der Waals surface area contributed by atoms with Crippen molar-refractivity contribution in [2.75, 3.05) is 32.2 Å². The Morgan fingerprint density at radius 3 is 2.74 bits per heavy atom. The number of likely N-dealkylation sites (N-methyl/N-ethyl adjacent to an activating group) is 1. The van der Waals surface area contributed by atoms with Gasteiger partial charge in [-0.15, -0.1) is 0 Å². The molecule has 1 aromatic rings. The Morgan fingerprint density at radius 1 is 1.37 bits per heavy atom. The number of nitrogens with two attached hydrogens (primary N) is 1. The van der Waals surface area contributed by atoms with Gasteiger partial charge >= 0.3 is 0 Å². The Morgan fingerprint density at radius 2 is 2.11 bits per heavy atom. The van der Waals surface area contributed by atoms with Gasteiger partial charge in [0.25, 0.3) is 0 Å². The number of ether oxygens (including phenoxy) is 1. The number of rotatable bonds is 9. The summed E-state index contributed by atoms with van der Waals surface area (Å²) in [4.78, 5) is 2.38. The van der Waals surface area contributed by atoms with Gasteiger partial charge in [0, 0.05) is 30.4 Å². The fourth-order valence-electron chi connectivity index (χ4n) is 2.04. The molecule has 0 amide bonds. The Hall–Kier alpha value is -0.710. The van der Waals surface area contributed by atoms with E-state index in [0.717, 1.165) is 17.9 Å². The van der Waals surface area contributed by atoms with Crippen molar-refractivity contribution < 1.29 is 4.74 Å². The molecule has 19 heavy (non-hydrogen) atoms. The van der Waals surface area contributed by atoms with Crippen LogP contribution >= 0.6 is 11.8 Å². The highest BCUT2D eigenvalue weighted by Crippen LogP contribution is 2.17. The van der Waals surface area contributed by atoms with Crippen molar-refractivity contribution in [1.82, 2.24) is 4.90 Å². The molecule has 3 nitrogen and oxygen atoms in total. The maximum absolute atomic E-state index is 5.84. The summed E-state index contributed by atoms with van der Waals surface area (Å²) in [6, 6.07) is 8.61. The fraction of sp³-hybridized carbons (Fsp3) is 0.600. The Labute approximate surface area is 121 Å². The van der Waals surface area contributed by atoms with Crippen molar-refractivity contribution in [1.29, 1.82) is 0 Å². The van der Waals surface area contributed by atoms with Crippen LogP contribution in [-0.2, 0) is 6.54 Å². The van der Waals surface area contributed by atoms with Crippen LogP contribution < -0.4 is 10.5 Å². The summed E-state index contributed by atoms with van der Waals surface area (Å²) in [6.07, 6.45) is 3.33. The van der Waals surface area contributed by atoms with Gasteiger partial charge in [-0.05, 0) is 25.8 Å². The summed E-state index contributed by atoms with van der Waals surface area (Å²) in [5, 5.41) is 0. The van der Waals surface area contributed by atoms with Gasteiger partial charge in [-0.25, -0.2) is 0 Å². The van der Waals surface area contributed by atoms with Crippen molar-refractivity contribution in [3.63, 3.8) is 0 Å². The van der Waals surface area contributed by atoms with E-state index in [0.29, 0.717) is 19.2 Å². The predicted octanol–water partition coefficient (Wildman–Crippen LogP) is 2.60. The zero-order valence-corrected chi connectivity index (χ0v) is 13.1. The Bertz CT molecular complexity index is 360. The van der Waals surface area contributed by atoms with Crippen molar-refractivity contribution >= 4 is 11.8 Å².